The van der Waals surface area contributed by atoms with Crippen molar-refractivity contribution in [3.63, 3.8) is 0 Å². The highest BCUT2D eigenvalue weighted by Crippen LogP contribution is 2.24. The lowest BCUT2D eigenvalue weighted by molar-refractivity contribution is -0.122. The predicted molar refractivity (Wildman–Crippen MR) is 76.5 cm³/mol. The van der Waals surface area contributed by atoms with E-state index in [2.05, 4.69) is 50.9 Å². The van der Waals surface area contributed by atoms with Gasteiger partial charge in [-0.3, -0.25) is 9.69 Å². The number of likely N-dealkylation sites (tertiary alicyclic amines) is 1. The Morgan fingerprint density at radius 3 is 2.53 bits per heavy atom. The molecule has 0 aromatic carbocycles. The SMILES string of the molecule is CC(C)N1CCC(C#N)(NC(=O)CCC(C)(C)C)C1. The van der Waals surface area contributed by atoms with Gasteiger partial charge in [0, 0.05) is 25.6 Å². The molecule has 19 heavy (non-hydrogen) atoms. The largest absolute Gasteiger partial charge is 0.337 e. The molecule has 1 heterocycles. The van der Waals surface area contributed by atoms with Crippen molar-refractivity contribution in [3.05, 3.63) is 0 Å². The van der Waals surface area contributed by atoms with Crippen molar-refractivity contribution in [2.75, 3.05) is 13.1 Å². The molecule has 0 radical (unpaired) electrons. The van der Waals surface area contributed by atoms with E-state index in [0.717, 1.165) is 19.4 Å². The first-order chi connectivity index (χ1) is 8.67. The van der Waals surface area contributed by atoms with Crippen LogP contribution in [0.2, 0.25) is 0 Å². The molecule has 1 atom stereocenters. The maximum Gasteiger partial charge on any atom is 0.221 e. The molecule has 0 saturated carbocycles. The van der Waals surface area contributed by atoms with Crippen molar-refractivity contribution in [2.24, 2.45) is 5.41 Å². The lowest BCUT2D eigenvalue weighted by Crippen LogP contribution is -2.50. The molecule has 1 amide bonds. The topological polar surface area (TPSA) is 56.1 Å². The van der Waals surface area contributed by atoms with Crippen LogP contribution in [0.15, 0.2) is 0 Å². The summed E-state index contributed by atoms with van der Waals surface area (Å²) in [6.45, 7) is 12.1. The molecule has 0 spiro atoms. The van der Waals surface area contributed by atoms with Crippen molar-refractivity contribution in [2.45, 2.75) is 65.5 Å². The normalized spacial score (nSPS) is 24.5. The molecule has 1 aliphatic heterocycles. The minimum Gasteiger partial charge on any atom is -0.337 e. The fourth-order valence-corrected chi connectivity index (χ4v) is 2.32. The van der Waals surface area contributed by atoms with Crippen LogP contribution >= 0.6 is 0 Å². The Morgan fingerprint density at radius 2 is 2.11 bits per heavy atom. The first-order valence-corrected chi connectivity index (χ1v) is 7.14. The second-order valence-electron chi connectivity index (χ2n) is 7.12. The molecule has 1 unspecified atom stereocenters. The molecule has 1 aliphatic rings. The van der Waals surface area contributed by atoms with E-state index < -0.39 is 5.54 Å². The van der Waals surface area contributed by atoms with Crippen LogP contribution in [0.25, 0.3) is 0 Å². The average Bonchev–Trinajstić information content (AvgIpc) is 2.71. The van der Waals surface area contributed by atoms with Crippen molar-refractivity contribution in [1.82, 2.24) is 10.2 Å². The number of nitrogens with zero attached hydrogens (tertiary/aromatic N) is 2. The van der Waals surface area contributed by atoms with Crippen LogP contribution in [0.3, 0.4) is 0 Å². The summed E-state index contributed by atoms with van der Waals surface area (Å²) in [6.07, 6.45) is 2.06. The molecule has 108 valence electrons. The fourth-order valence-electron chi connectivity index (χ4n) is 2.32. The Balaban J connectivity index is 2.54. The van der Waals surface area contributed by atoms with Gasteiger partial charge in [0.05, 0.1) is 6.07 Å². The lowest BCUT2D eigenvalue weighted by Gasteiger charge is -2.26. The third kappa shape index (κ3) is 4.83. The van der Waals surface area contributed by atoms with Crippen molar-refractivity contribution < 1.29 is 4.79 Å². The molecule has 1 N–H and O–H groups in total. The van der Waals surface area contributed by atoms with Gasteiger partial charge in [0.25, 0.3) is 0 Å². The van der Waals surface area contributed by atoms with E-state index in [4.69, 9.17) is 0 Å². The van der Waals surface area contributed by atoms with Crippen LogP contribution in [0.5, 0.6) is 0 Å². The van der Waals surface area contributed by atoms with E-state index in [0.29, 0.717) is 19.0 Å². The summed E-state index contributed by atoms with van der Waals surface area (Å²) in [5, 5.41) is 12.4. The second kappa shape index (κ2) is 5.92. The zero-order valence-electron chi connectivity index (χ0n) is 12.9. The van der Waals surface area contributed by atoms with E-state index in [1.54, 1.807) is 0 Å². The maximum absolute atomic E-state index is 12.0. The summed E-state index contributed by atoms with van der Waals surface area (Å²) in [4.78, 5) is 14.2. The lowest BCUT2D eigenvalue weighted by atomic mass is 9.90. The van der Waals surface area contributed by atoms with Crippen molar-refractivity contribution >= 4 is 5.91 Å². The number of hydrogen-bond acceptors (Lipinski definition) is 3. The molecule has 1 rings (SSSR count). The van der Waals surface area contributed by atoms with Gasteiger partial charge in [-0.1, -0.05) is 20.8 Å². The highest BCUT2D eigenvalue weighted by Gasteiger charge is 2.40. The molecular weight excluding hydrogens is 238 g/mol. The Bertz CT molecular complexity index is 365. The first kappa shape index (κ1) is 16.0. The quantitative estimate of drug-likeness (QED) is 0.848. The van der Waals surface area contributed by atoms with E-state index in [9.17, 15) is 10.1 Å². The maximum atomic E-state index is 12.0. The summed E-state index contributed by atoms with van der Waals surface area (Å²) >= 11 is 0. The van der Waals surface area contributed by atoms with Crippen molar-refractivity contribution in [3.8, 4) is 6.07 Å². The molecule has 1 saturated heterocycles. The molecule has 4 nitrogen and oxygen atoms in total. The number of nitriles is 1. The summed E-state index contributed by atoms with van der Waals surface area (Å²) in [5.74, 6) is 0.00193. The van der Waals surface area contributed by atoms with E-state index in [1.165, 1.54) is 0 Å². The molecule has 1 fully saturated rings. The van der Waals surface area contributed by atoms with Crippen LogP contribution < -0.4 is 5.32 Å². The number of carbonyl (C=O) groups excluding carboxylic acids is 1. The third-order valence-corrected chi connectivity index (χ3v) is 3.72. The van der Waals surface area contributed by atoms with Gasteiger partial charge < -0.3 is 5.32 Å². The number of hydrogen-bond donors (Lipinski definition) is 1. The monoisotopic (exact) mass is 265 g/mol. The van der Waals surface area contributed by atoms with Crippen LogP contribution in [0.4, 0.5) is 0 Å². The van der Waals surface area contributed by atoms with Crippen LogP contribution in [-0.2, 0) is 4.79 Å². The highest BCUT2D eigenvalue weighted by molar-refractivity contribution is 5.77. The Kier molecular flexibility index (Phi) is 4.98. The summed E-state index contributed by atoms with van der Waals surface area (Å²) in [7, 11) is 0. The standard InChI is InChI=1S/C15H27N3O/c1-12(2)18-9-8-15(10-16,11-18)17-13(19)6-7-14(3,4)5/h12H,6-9,11H2,1-5H3,(H,17,19). The zero-order chi connectivity index (χ0) is 14.7. The van der Waals surface area contributed by atoms with Gasteiger partial charge >= 0.3 is 0 Å². The average molecular weight is 265 g/mol. The van der Waals surface area contributed by atoms with E-state index in [1.807, 2.05) is 0 Å². The molecule has 0 aromatic rings. The summed E-state index contributed by atoms with van der Waals surface area (Å²) in [5.41, 5.74) is -0.532. The summed E-state index contributed by atoms with van der Waals surface area (Å²) in [6, 6.07) is 2.73. The minimum absolute atomic E-state index is 0.00193. The molecule has 0 aromatic heterocycles. The number of carbonyl (C=O) groups is 1. The molecule has 0 aliphatic carbocycles. The second-order valence-corrected chi connectivity index (χ2v) is 7.12. The van der Waals surface area contributed by atoms with E-state index >= 15 is 0 Å². The van der Waals surface area contributed by atoms with Gasteiger partial charge in [0.1, 0.15) is 5.54 Å². The highest BCUT2D eigenvalue weighted by atomic mass is 16.1. The number of amides is 1. The number of rotatable bonds is 4. The molecular formula is C15H27N3O. The minimum atomic E-state index is -0.681. The third-order valence-electron chi connectivity index (χ3n) is 3.72. The van der Waals surface area contributed by atoms with Crippen LogP contribution in [0, 0.1) is 16.7 Å². The smallest absolute Gasteiger partial charge is 0.221 e. The number of nitrogens with one attached hydrogen (secondary N) is 1. The van der Waals surface area contributed by atoms with Gasteiger partial charge in [-0.15, -0.1) is 0 Å². The molecule has 4 heteroatoms. The summed E-state index contributed by atoms with van der Waals surface area (Å²) < 4.78 is 0. The van der Waals surface area contributed by atoms with Gasteiger partial charge in [-0.25, -0.2) is 0 Å². The first-order valence-electron chi connectivity index (χ1n) is 7.14. The Morgan fingerprint density at radius 1 is 1.47 bits per heavy atom. The predicted octanol–water partition coefficient (Wildman–Crippen LogP) is 2.31. The van der Waals surface area contributed by atoms with Gasteiger partial charge in [-0.05, 0) is 32.1 Å². The van der Waals surface area contributed by atoms with Crippen LogP contribution in [-0.4, -0.2) is 35.5 Å². The van der Waals surface area contributed by atoms with Gasteiger partial charge in [-0.2, -0.15) is 5.26 Å². The van der Waals surface area contributed by atoms with Crippen LogP contribution in [0.1, 0.15) is 53.9 Å². The fraction of sp³-hybridized carbons (Fsp3) is 0.867. The molecule has 0 bridgehead atoms. The zero-order valence-corrected chi connectivity index (χ0v) is 12.9. The van der Waals surface area contributed by atoms with Gasteiger partial charge in [0.15, 0.2) is 0 Å². The Hall–Kier alpha value is -1.08. The van der Waals surface area contributed by atoms with Gasteiger partial charge in [0.2, 0.25) is 5.91 Å². The van der Waals surface area contributed by atoms with Crippen molar-refractivity contribution in [1.29, 1.82) is 5.26 Å². The van der Waals surface area contributed by atoms with E-state index in [-0.39, 0.29) is 11.3 Å². The Labute approximate surface area is 117 Å².